The summed E-state index contributed by atoms with van der Waals surface area (Å²) in [4.78, 5) is 24.5. The Morgan fingerprint density at radius 1 is 0.459 bits per heavy atom. The molecule has 0 aliphatic rings. The molecule has 358 valence electrons. The monoisotopic (exact) mass is 858 g/mol. The van der Waals surface area contributed by atoms with Crippen LogP contribution in [-0.2, 0) is 14.3 Å². The first-order chi connectivity index (χ1) is 30.0. The molecule has 0 radical (unpaired) electrons. The summed E-state index contributed by atoms with van der Waals surface area (Å²) in [5.74, 6) is -0.0757. The highest BCUT2D eigenvalue weighted by Crippen LogP contribution is 2.16. The van der Waals surface area contributed by atoms with E-state index in [1.54, 1.807) is 0 Å². The lowest BCUT2D eigenvalue weighted by atomic mass is 10.0. The summed E-state index contributed by atoms with van der Waals surface area (Å²) < 4.78 is 5.44. The molecule has 3 N–H and O–H groups in total. The first-order valence-corrected chi connectivity index (χ1v) is 26.7. The lowest BCUT2D eigenvalue weighted by Gasteiger charge is -2.22. The van der Waals surface area contributed by atoms with Gasteiger partial charge >= 0.3 is 5.97 Å². The van der Waals surface area contributed by atoms with Crippen molar-refractivity contribution in [1.29, 1.82) is 0 Å². The molecular weight excluding hydrogens is 755 g/mol. The Labute approximate surface area is 379 Å². The van der Waals surface area contributed by atoms with Gasteiger partial charge < -0.3 is 20.3 Å². The lowest BCUT2D eigenvalue weighted by molar-refractivity contribution is -0.143. The van der Waals surface area contributed by atoms with Gasteiger partial charge in [-0.3, -0.25) is 9.59 Å². The molecule has 0 fully saturated rings. The molecule has 0 aromatic carbocycles. The van der Waals surface area contributed by atoms with Crippen molar-refractivity contribution in [3.05, 3.63) is 36.5 Å². The molecule has 0 aliphatic carbocycles. The highest BCUT2D eigenvalue weighted by molar-refractivity contribution is 5.76. The third-order valence-corrected chi connectivity index (χ3v) is 12.2. The summed E-state index contributed by atoms with van der Waals surface area (Å²) in [6.07, 6.45) is 61.1. The maximum atomic E-state index is 12.5. The number of nitrogens with one attached hydrogen (secondary N) is 1. The van der Waals surface area contributed by atoms with Gasteiger partial charge in [-0.1, -0.05) is 224 Å². The molecule has 0 rings (SSSR count). The summed E-state index contributed by atoms with van der Waals surface area (Å²) in [5.41, 5.74) is 0. The van der Waals surface area contributed by atoms with Crippen LogP contribution in [0.1, 0.15) is 277 Å². The van der Waals surface area contributed by atoms with Crippen molar-refractivity contribution in [2.45, 2.75) is 289 Å². The molecule has 0 saturated heterocycles. The molecule has 0 aromatic heterocycles. The quantitative estimate of drug-likeness (QED) is 0.0322. The van der Waals surface area contributed by atoms with E-state index in [1.165, 1.54) is 161 Å². The van der Waals surface area contributed by atoms with E-state index in [9.17, 15) is 19.8 Å². The van der Waals surface area contributed by atoms with Crippen molar-refractivity contribution in [1.82, 2.24) is 5.32 Å². The number of aliphatic hydroxyl groups is 2. The summed E-state index contributed by atoms with van der Waals surface area (Å²) in [5, 5.41) is 23.2. The van der Waals surface area contributed by atoms with Crippen LogP contribution in [-0.4, -0.2) is 47.4 Å². The number of esters is 1. The van der Waals surface area contributed by atoms with Gasteiger partial charge in [0.05, 0.1) is 25.4 Å². The number of carbonyl (C=O) groups excluding carboxylic acids is 2. The Kier molecular flexibility index (Phi) is 49.1. The van der Waals surface area contributed by atoms with Crippen molar-refractivity contribution in [2.24, 2.45) is 0 Å². The van der Waals surface area contributed by atoms with Crippen LogP contribution >= 0.6 is 0 Å². The van der Waals surface area contributed by atoms with Crippen LogP contribution in [0, 0.1) is 0 Å². The number of ether oxygens (including phenoxy) is 1. The van der Waals surface area contributed by atoms with Gasteiger partial charge in [0.1, 0.15) is 0 Å². The molecule has 0 aromatic rings. The highest BCUT2D eigenvalue weighted by atomic mass is 16.5. The first-order valence-electron chi connectivity index (χ1n) is 26.7. The standard InChI is InChI=1S/C55H103NO5/c1-3-5-7-9-11-13-15-17-20-23-27-31-35-39-43-47-53(58)52(51-57)56-54(59)48-44-40-36-32-28-24-21-19-22-26-30-34-38-42-46-50-61-55(60)49-45-41-37-33-29-25-18-16-14-12-10-8-6-4-2/h10,12,16,18,22,26,52-53,57-58H,3-9,11,13-15,17,19-21,23-25,27-51H2,1-2H3,(H,56,59)/b12-10-,18-16-,26-22-. The molecule has 6 heteroatoms. The fourth-order valence-corrected chi connectivity index (χ4v) is 8.00. The summed E-state index contributed by atoms with van der Waals surface area (Å²) in [6.45, 7) is 4.87. The van der Waals surface area contributed by atoms with Crippen molar-refractivity contribution in [3.63, 3.8) is 0 Å². The summed E-state index contributed by atoms with van der Waals surface area (Å²) in [6, 6.07) is -0.553. The molecule has 2 atom stereocenters. The number of allylic oxidation sites excluding steroid dienone is 6. The third-order valence-electron chi connectivity index (χ3n) is 12.2. The largest absolute Gasteiger partial charge is 0.466 e. The van der Waals surface area contributed by atoms with E-state index in [0.29, 0.717) is 25.9 Å². The summed E-state index contributed by atoms with van der Waals surface area (Å²) in [7, 11) is 0. The van der Waals surface area contributed by atoms with Gasteiger partial charge in [0.15, 0.2) is 0 Å². The normalized spacial score (nSPS) is 12.9. The van der Waals surface area contributed by atoms with E-state index in [0.717, 1.165) is 83.5 Å². The van der Waals surface area contributed by atoms with Crippen molar-refractivity contribution in [2.75, 3.05) is 13.2 Å². The number of amides is 1. The maximum Gasteiger partial charge on any atom is 0.305 e. The smallest absolute Gasteiger partial charge is 0.305 e. The number of unbranched alkanes of at least 4 members (excludes halogenated alkanes) is 32. The molecule has 61 heavy (non-hydrogen) atoms. The first kappa shape index (κ1) is 59.1. The van der Waals surface area contributed by atoms with Crippen LogP contribution in [0.2, 0.25) is 0 Å². The van der Waals surface area contributed by atoms with Gasteiger partial charge in [-0.2, -0.15) is 0 Å². The van der Waals surface area contributed by atoms with Gasteiger partial charge in [-0.05, 0) is 77.0 Å². The predicted octanol–water partition coefficient (Wildman–Crippen LogP) is 16.1. The Hall–Kier alpha value is -1.92. The van der Waals surface area contributed by atoms with Crippen molar-refractivity contribution in [3.8, 4) is 0 Å². The Morgan fingerprint density at radius 2 is 0.836 bits per heavy atom. The number of rotatable bonds is 49. The van der Waals surface area contributed by atoms with Crippen molar-refractivity contribution < 1.29 is 24.5 Å². The molecule has 0 saturated carbocycles. The van der Waals surface area contributed by atoms with E-state index in [-0.39, 0.29) is 18.5 Å². The van der Waals surface area contributed by atoms with E-state index < -0.39 is 12.1 Å². The predicted molar refractivity (Wildman–Crippen MR) is 264 cm³/mol. The molecule has 1 amide bonds. The van der Waals surface area contributed by atoms with E-state index in [2.05, 4.69) is 55.6 Å². The van der Waals surface area contributed by atoms with E-state index in [4.69, 9.17) is 4.74 Å². The Bertz CT molecular complexity index is 993. The molecule has 0 spiro atoms. The van der Waals surface area contributed by atoms with E-state index in [1.807, 2.05) is 0 Å². The van der Waals surface area contributed by atoms with Crippen LogP contribution in [0.15, 0.2) is 36.5 Å². The third kappa shape index (κ3) is 47.4. The highest BCUT2D eigenvalue weighted by Gasteiger charge is 2.20. The van der Waals surface area contributed by atoms with Crippen LogP contribution in [0.4, 0.5) is 0 Å². The fourth-order valence-electron chi connectivity index (χ4n) is 8.00. The average molecular weight is 858 g/mol. The van der Waals surface area contributed by atoms with Gasteiger partial charge in [0.25, 0.3) is 0 Å². The molecule has 0 bridgehead atoms. The van der Waals surface area contributed by atoms with Gasteiger partial charge in [-0.25, -0.2) is 0 Å². The Balaban J connectivity index is 3.49. The van der Waals surface area contributed by atoms with Gasteiger partial charge in [0, 0.05) is 12.8 Å². The maximum absolute atomic E-state index is 12.5. The zero-order chi connectivity index (χ0) is 44.4. The topological polar surface area (TPSA) is 95.9 Å². The summed E-state index contributed by atoms with van der Waals surface area (Å²) >= 11 is 0. The minimum absolute atomic E-state index is 0.0250. The minimum atomic E-state index is -0.675. The van der Waals surface area contributed by atoms with Crippen molar-refractivity contribution >= 4 is 11.9 Å². The second-order valence-electron chi connectivity index (χ2n) is 18.2. The Morgan fingerprint density at radius 3 is 1.31 bits per heavy atom. The van der Waals surface area contributed by atoms with Gasteiger partial charge in [0.2, 0.25) is 5.91 Å². The average Bonchev–Trinajstić information content (AvgIpc) is 3.26. The minimum Gasteiger partial charge on any atom is -0.466 e. The van der Waals surface area contributed by atoms with Crippen LogP contribution in [0.25, 0.3) is 0 Å². The number of hydrogen-bond donors (Lipinski definition) is 3. The SMILES string of the molecule is CCCC/C=C\C/C=C\CCCCCCCC(=O)OCCCCCC/C=C\CCCCCCCCCC(=O)NC(CO)C(O)CCCCCCCCCCCCCCCCC. The zero-order valence-corrected chi connectivity index (χ0v) is 40.6. The number of aliphatic hydroxyl groups excluding tert-OH is 2. The molecule has 0 aliphatic heterocycles. The second kappa shape index (κ2) is 50.7. The number of carbonyl (C=O) groups is 2. The van der Waals surface area contributed by atoms with Crippen LogP contribution in [0.5, 0.6) is 0 Å². The van der Waals surface area contributed by atoms with E-state index >= 15 is 0 Å². The lowest BCUT2D eigenvalue weighted by Crippen LogP contribution is -2.45. The molecule has 0 heterocycles. The van der Waals surface area contributed by atoms with Gasteiger partial charge in [-0.15, -0.1) is 0 Å². The molecule has 6 nitrogen and oxygen atoms in total. The second-order valence-corrected chi connectivity index (χ2v) is 18.2. The number of hydrogen-bond acceptors (Lipinski definition) is 5. The zero-order valence-electron chi connectivity index (χ0n) is 40.6. The van der Waals surface area contributed by atoms with Crippen LogP contribution < -0.4 is 5.32 Å². The van der Waals surface area contributed by atoms with Crippen LogP contribution in [0.3, 0.4) is 0 Å². The fraction of sp³-hybridized carbons (Fsp3) is 0.855. The molecular formula is C55H103NO5. The molecule has 2 unspecified atom stereocenters.